The van der Waals surface area contributed by atoms with Crippen molar-refractivity contribution < 1.29 is 43.9 Å². The molecule has 0 bridgehead atoms. The van der Waals surface area contributed by atoms with Gasteiger partial charge in [0.15, 0.2) is 5.43 Å². The summed E-state index contributed by atoms with van der Waals surface area (Å²) in [6, 6.07) is 4.86. The molecule has 0 amide bonds. The van der Waals surface area contributed by atoms with E-state index < -0.39 is 5.97 Å². The fourth-order valence-electron chi connectivity index (χ4n) is 2.35. The topological polar surface area (TPSA) is 67.5 Å². The number of carbonyl (C=O) groups is 1. The maximum atomic E-state index is 12.3. The molecule has 0 aliphatic carbocycles. The molecule has 5 heteroatoms. The third-order valence-corrected chi connectivity index (χ3v) is 3.71. The summed E-state index contributed by atoms with van der Waals surface area (Å²) in [5, 5.41) is 9.55. The van der Waals surface area contributed by atoms with E-state index in [0.717, 1.165) is 17.2 Å². The van der Waals surface area contributed by atoms with E-state index in [4.69, 9.17) is 9.52 Å². The van der Waals surface area contributed by atoms with Crippen molar-refractivity contribution in [3.63, 3.8) is 0 Å². The van der Waals surface area contributed by atoms with Crippen molar-refractivity contribution in [3.8, 4) is 0 Å². The molecule has 0 atom stereocenters. The molecule has 1 heterocycles. The average Bonchev–Trinajstić information content (AvgIpc) is 2.35. The molecule has 0 aliphatic rings. The molecule has 1 N–H and O–H groups in total. The first kappa shape index (κ1) is 19.9. The number of aromatic carboxylic acids is 1. The van der Waals surface area contributed by atoms with Gasteiger partial charge in [-0.15, -0.1) is 0 Å². The van der Waals surface area contributed by atoms with Crippen molar-refractivity contribution in [1.82, 2.24) is 0 Å². The van der Waals surface area contributed by atoms with Gasteiger partial charge in [-0.2, -0.15) is 0 Å². The summed E-state index contributed by atoms with van der Waals surface area (Å²) in [4.78, 5) is 23.5. The predicted molar refractivity (Wildman–Crippen MR) is 86.8 cm³/mol. The van der Waals surface area contributed by atoms with Gasteiger partial charge in [-0.3, -0.25) is 4.79 Å². The van der Waals surface area contributed by atoms with Gasteiger partial charge >= 0.3 is 35.5 Å². The van der Waals surface area contributed by atoms with Crippen LogP contribution in [0.5, 0.6) is 0 Å². The van der Waals surface area contributed by atoms with Crippen LogP contribution in [0.1, 0.15) is 63.2 Å². The fourth-order valence-corrected chi connectivity index (χ4v) is 2.35. The number of rotatable bonds is 1. The third-order valence-electron chi connectivity index (χ3n) is 3.71. The van der Waals surface area contributed by atoms with Gasteiger partial charge in [-0.25, -0.2) is 4.79 Å². The Labute approximate surface area is 158 Å². The van der Waals surface area contributed by atoms with E-state index in [1.165, 1.54) is 0 Å². The van der Waals surface area contributed by atoms with Crippen molar-refractivity contribution >= 4 is 16.9 Å². The summed E-state index contributed by atoms with van der Waals surface area (Å²) in [7, 11) is 0. The minimum atomic E-state index is -1.24. The van der Waals surface area contributed by atoms with Crippen LogP contribution in [0.2, 0.25) is 0 Å². The molecular formula is C18H22NaO4+. The first-order valence-corrected chi connectivity index (χ1v) is 7.27. The monoisotopic (exact) mass is 325 g/mol. The van der Waals surface area contributed by atoms with Crippen molar-refractivity contribution in [2.45, 2.75) is 52.4 Å². The van der Waals surface area contributed by atoms with Crippen LogP contribution in [-0.2, 0) is 10.8 Å². The minimum absolute atomic E-state index is 0. The Hall–Kier alpha value is -1.10. The normalized spacial score (nSPS) is 12.1. The quantitative estimate of drug-likeness (QED) is 0.797. The van der Waals surface area contributed by atoms with Crippen LogP contribution in [0.4, 0.5) is 0 Å². The molecule has 0 aliphatic heterocycles. The molecule has 0 spiro atoms. The van der Waals surface area contributed by atoms with E-state index in [1.54, 1.807) is 0 Å². The van der Waals surface area contributed by atoms with Crippen LogP contribution < -0.4 is 35.0 Å². The number of hydrogen-bond donors (Lipinski definition) is 1. The zero-order valence-corrected chi connectivity index (χ0v) is 16.9. The van der Waals surface area contributed by atoms with Gasteiger partial charge in [0.05, 0.1) is 5.39 Å². The van der Waals surface area contributed by atoms with E-state index >= 15 is 0 Å². The molecule has 0 saturated carbocycles. The van der Waals surface area contributed by atoms with E-state index in [9.17, 15) is 9.59 Å². The molecule has 23 heavy (non-hydrogen) atoms. The standard InChI is InChI=1S/C18H22O4.Na/c1-17(2,3)10-7-11-13(19)9-14(16(20)21)22-15(11)12(8-10)18(4,5)6;/h7-9H,1-6H3,(H,20,21);/q;+1. The zero-order chi connectivity index (χ0) is 16.9. The third kappa shape index (κ3) is 4.06. The van der Waals surface area contributed by atoms with Crippen molar-refractivity contribution in [1.29, 1.82) is 0 Å². The Morgan fingerprint density at radius 2 is 1.57 bits per heavy atom. The number of carboxylic acid groups (broad SMARTS) is 1. The van der Waals surface area contributed by atoms with Crippen molar-refractivity contribution in [2.24, 2.45) is 0 Å². The van der Waals surface area contributed by atoms with Crippen molar-refractivity contribution in [3.05, 3.63) is 45.3 Å². The van der Waals surface area contributed by atoms with Gasteiger partial charge in [-0.05, 0) is 22.5 Å². The summed E-state index contributed by atoms with van der Waals surface area (Å²) in [5.41, 5.74) is 1.52. The van der Waals surface area contributed by atoms with Gasteiger partial charge < -0.3 is 9.52 Å². The zero-order valence-electron chi connectivity index (χ0n) is 14.9. The number of fused-ring (bicyclic) bond motifs is 1. The number of carboxylic acids is 1. The second kappa shape index (κ2) is 6.42. The van der Waals surface area contributed by atoms with Gasteiger partial charge in [0, 0.05) is 11.6 Å². The smallest absolute Gasteiger partial charge is 0.475 e. The molecule has 0 radical (unpaired) electrons. The van der Waals surface area contributed by atoms with Crippen molar-refractivity contribution in [2.75, 3.05) is 0 Å². The molecule has 0 saturated heterocycles. The SMILES string of the molecule is CC(C)(C)c1cc(C(C)(C)C)c2oc(C(=O)O)cc(=O)c2c1.[Na+]. The summed E-state index contributed by atoms with van der Waals surface area (Å²) in [5.74, 6) is -1.56. The molecular weight excluding hydrogens is 303 g/mol. The van der Waals surface area contributed by atoms with Crippen LogP contribution in [-0.4, -0.2) is 11.1 Å². The minimum Gasteiger partial charge on any atom is -0.475 e. The summed E-state index contributed by atoms with van der Waals surface area (Å²) < 4.78 is 5.53. The van der Waals surface area contributed by atoms with Crippen LogP contribution in [0.25, 0.3) is 11.0 Å². The Morgan fingerprint density at radius 1 is 1.00 bits per heavy atom. The summed E-state index contributed by atoms with van der Waals surface area (Å²) in [6.45, 7) is 12.3. The maximum Gasteiger partial charge on any atom is 1.00 e. The van der Waals surface area contributed by atoms with Crippen LogP contribution in [0, 0.1) is 0 Å². The molecule has 1 aromatic heterocycles. The number of hydrogen-bond acceptors (Lipinski definition) is 3. The molecule has 4 nitrogen and oxygen atoms in total. The second-order valence-corrected chi connectivity index (χ2v) is 7.68. The molecule has 2 rings (SSSR count). The Bertz CT molecular complexity index is 805. The maximum absolute atomic E-state index is 12.3. The molecule has 2 aromatic rings. The van der Waals surface area contributed by atoms with Crippen LogP contribution in [0.15, 0.2) is 27.4 Å². The largest absolute Gasteiger partial charge is 1.00 e. The van der Waals surface area contributed by atoms with Crippen LogP contribution >= 0.6 is 0 Å². The van der Waals surface area contributed by atoms with E-state index in [-0.39, 0.29) is 51.6 Å². The predicted octanol–water partition coefficient (Wildman–Crippen LogP) is 1.09. The Kier molecular flexibility index (Phi) is 5.57. The molecule has 0 unspecified atom stereocenters. The first-order valence-electron chi connectivity index (χ1n) is 7.27. The van der Waals surface area contributed by atoms with E-state index in [1.807, 2.05) is 32.9 Å². The second-order valence-electron chi connectivity index (χ2n) is 7.68. The number of benzene rings is 1. The Balaban J connectivity index is 0.00000264. The first-order chi connectivity index (χ1) is 9.91. The molecule has 1 aromatic carbocycles. The summed E-state index contributed by atoms with van der Waals surface area (Å²) in [6.07, 6.45) is 0. The van der Waals surface area contributed by atoms with Gasteiger partial charge in [-0.1, -0.05) is 47.6 Å². The van der Waals surface area contributed by atoms with Gasteiger partial charge in [0.2, 0.25) is 5.76 Å². The van der Waals surface area contributed by atoms with Gasteiger partial charge in [0.1, 0.15) is 5.58 Å². The van der Waals surface area contributed by atoms with Gasteiger partial charge in [0.25, 0.3) is 0 Å². The Morgan fingerprint density at radius 3 is 2.00 bits per heavy atom. The molecule has 0 fully saturated rings. The fraction of sp³-hybridized carbons (Fsp3) is 0.444. The molecule has 118 valence electrons. The summed E-state index contributed by atoms with van der Waals surface area (Å²) >= 11 is 0. The van der Waals surface area contributed by atoms with Crippen LogP contribution in [0.3, 0.4) is 0 Å². The van der Waals surface area contributed by atoms with E-state index in [2.05, 4.69) is 20.8 Å². The average molecular weight is 325 g/mol. The van der Waals surface area contributed by atoms with E-state index in [0.29, 0.717) is 11.0 Å².